The molecule has 17 heavy (non-hydrogen) atoms. The van der Waals surface area contributed by atoms with Crippen LogP contribution in [-0.2, 0) is 14.3 Å². The van der Waals surface area contributed by atoms with E-state index in [2.05, 4.69) is 0 Å². The van der Waals surface area contributed by atoms with Crippen molar-refractivity contribution in [3.8, 4) is 0 Å². The van der Waals surface area contributed by atoms with Gasteiger partial charge in [-0.25, -0.2) is 0 Å². The lowest BCUT2D eigenvalue weighted by atomic mass is 10.0. The largest absolute Gasteiger partial charge is 0.449 e. The number of Topliss-reactive ketones (excluding diaryl/α,β-unsaturated/α-hetero) is 1. The number of nitro groups is 1. The first-order valence-corrected chi connectivity index (χ1v) is 4.84. The van der Waals surface area contributed by atoms with E-state index in [0.29, 0.717) is 0 Å². The summed E-state index contributed by atoms with van der Waals surface area (Å²) in [5.41, 5.74) is -0.158. The van der Waals surface area contributed by atoms with Crippen LogP contribution in [-0.4, -0.2) is 16.7 Å². The summed E-state index contributed by atoms with van der Waals surface area (Å²) < 4.78 is 4.80. The molecule has 6 nitrogen and oxygen atoms in total. The number of ether oxygens (including phenoxy) is 1. The first-order valence-electron chi connectivity index (χ1n) is 4.84. The third-order valence-corrected chi connectivity index (χ3v) is 2.07. The molecule has 0 fully saturated rings. The number of nitro benzene ring substituents is 1. The maximum atomic E-state index is 11.4. The second kappa shape index (κ2) is 5.20. The van der Waals surface area contributed by atoms with E-state index in [1.54, 1.807) is 6.07 Å². The van der Waals surface area contributed by atoms with Gasteiger partial charge in [0.2, 0.25) is 0 Å². The molecule has 0 heterocycles. The fourth-order valence-electron chi connectivity index (χ4n) is 1.41. The molecule has 0 aliphatic heterocycles. The molecule has 0 spiro atoms. The first kappa shape index (κ1) is 12.8. The molecule has 0 unspecified atom stereocenters. The molecule has 0 N–H and O–H groups in total. The Kier molecular flexibility index (Phi) is 3.92. The predicted molar refractivity (Wildman–Crippen MR) is 58.3 cm³/mol. The van der Waals surface area contributed by atoms with Gasteiger partial charge in [-0.15, -0.1) is 0 Å². The van der Waals surface area contributed by atoms with Gasteiger partial charge in [0.05, 0.1) is 10.5 Å². The second-order valence-corrected chi connectivity index (χ2v) is 3.42. The van der Waals surface area contributed by atoms with E-state index in [4.69, 9.17) is 4.74 Å². The molecule has 0 aliphatic carbocycles. The van der Waals surface area contributed by atoms with Crippen molar-refractivity contribution >= 4 is 17.4 Å². The minimum absolute atomic E-state index is 0.0835. The topological polar surface area (TPSA) is 86.5 Å². The highest BCUT2D eigenvalue weighted by atomic mass is 16.6. The lowest BCUT2D eigenvalue weighted by Gasteiger charge is -2.14. The monoisotopic (exact) mass is 237 g/mol. The molecule has 0 saturated carbocycles. The van der Waals surface area contributed by atoms with Crippen LogP contribution in [0, 0.1) is 10.1 Å². The third kappa shape index (κ3) is 3.10. The average molecular weight is 237 g/mol. The Morgan fingerprint density at radius 3 is 2.35 bits per heavy atom. The summed E-state index contributed by atoms with van der Waals surface area (Å²) in [6, 6.07) is 5.68. The van der Waals surface area contributed by atoms with Gasteiger partial charge in [0.15, 0.2) is 11.9 Å². The number of hydrogen-bond donors (Lipinski definition) is 0. The van der Waals surface area contributed by atoms with Gasteiger partial charge in [-0.3, -0.25) is 19.7 Å². The number of carbonyl (C=O) groups excluding carboxylic acids is 2. The number of nitrogens with zero attached hydrogens (tertiary/aromatic N) is 1. The Morgan fingerprint density at radius 1 is 1.29 bits per heavy atom. The number of para-hydroxylation sites is 1. The Bertz CT molecular complexity index is 469. The quantitative estimate of drug-likeness (QED) is 0.452. The van der Waals surface area contributed by atoms with Crippen LogP contribution in [0.25, 0.3) is 0 Å². The summed E-state index contributed by atoms with van der Waals surface area (Å²) in [5, 5.41) is 10.8. The van der Waals surface area contributed by atoms with E-state index in [1.165, 1.54) is 25.1 Å². The van der Waals surface area contributed by atoms with Gasteiger partial charge < -0.3 is 4.74 Å². The van der Waals surface area contributed by atoms with Crippen molar-refractivity contribution in [3.63, 3.8) is 0 Å². The summed E-state index contributed by atoms with van der Waals surface area (Å²) in [6.07, 6.45) is -1.23. The molecule has 6 heteroatoms. The predicted octanol–water partition coefficient (Wildman–Crippen LogP) is 1.79. The highest BCUT2D eigenvalue weighted by molar-refractivity contribution is 5.85. The molecule has 1 rings (SSSR count). The van der Waals surface area contributed by atoms with Crippen LogP contribution in [0.5, 0.6) is 0 Å². The van der Waals surface area contributed by atoms with Gasteiger partial charge in [0, 0.05) is 13.0 Å². The number of ketones is 1. The van der Waals surface area contributed by atoms with Crippen LogP contribution in [0.15, 0.2) is 24.3 Å². The van der Waals surface area contributed by atoms with Crippen LogP contribution in [0.4, 0.5) is 5.69 Å². The van der Waals surface area contributed by atoms with E-state index < -0.39 is 22.8 Å². The molecule has 0 amide bonds. The maximum Gasteiger partial charge on any atom is 0.303 e. The molecule has 0 bridgehead atoms. The van der Waals surface area contributed by atoms with Crippen LogP contribution < -0.4 is 0 Å². The molecule has 0 aromatic heterocycles. The van der Waals surface area contributed by atoms with Crippen molar-refractivity contribution in [1.82, 2.24) is 0 Å². The molecule has 0 aliphatic rings. The number of carbonyl (C=O) groups is 2. The molecule has 90 valence electrons. The van der Waals surface area contributed by atoms with Crippen LogP contribution in [0.2, 0.25) is 0 Å². The summed E-state index contributed by atoms with van der Waals surface area (Å²) in [5.74, 6) is -1.13. The highest BCUT2D eigenvalue weighted by Crippen LogP contribution is 2.28. The minimum atomic E-state index is -1.23. The average Bonchev–Trinajstić information content (AvgIpc) is 2.25. The van der Waals surface area contributed by atoms with Crippen LogP contribution in [0.3, 0.4) is 0 Å². The molecule has 1 atom stereocenters. The Labute approximate surface area is 97.3 Å². The molecular weight excluding hydrogens is 226 g/mol. The summed E-state index contributed by atoms with van der Waals surface area (Å²) >= 11 is 0. The highest BCUT2D eigenvalue weighted by Gasteiger charge is 2.27. The fraction of sp³-hybridized carbons (Fsp3) is 0.273. The molecular formula is C11H11NO5. The number of hydrogen-bond acceptors (Lipinski definition) is 5. The molecule has 1 aromatic carbocycles. The molecule has 0 radical (unpaired) electrons. The standard InChI is InChI=1S/C11H11NO5/c1-7(13)11(17-8(2)14)9-5-3-4-6-10(9)12(15)16/h3-6,11H,1-2H3/t11-/m0/s1. The van der Waals surface area contributed by atoms with Crippen molar-refractivity contribution in [2.45, 2.75) is 20.0 Å². The Hall–Kier alpha value is -2.24. The maximum absolute atomic E-state index is 11.4. The van der Waals surface area contributed by atoms with Crippen molar-refractivity contribution in [2.75, 3.05) is 0 Å². The minimum Gasteiger partial charge on any atom is -0.449 e. The van der Waals surface area contributed by atoms with Crippen molar-refractivity contribution < 1.29 is 19.2 Å². The van der Waals surface area contributed by atoms with Crippen LogP contribution in [0.1, 0.15) is 25.5 Å². The van der Waals surface area contributed by atoms with E-state index >= 15 is 0 Å². The Morgan fingerprint density at radius 2 is 1.88 bits per heavy atom. The van der Waals surface area contributed by atoms with Gasteiger partial charge in [0.25, 0.3) is 5.69 Å². The van der Waals surface area contributed by atoms with Gasteiger partial charge >= 0.3 is 5.97 Å². The normalized spacial score (nSPS) is 11.6. The van der Waals surface area contributed by atoms with E-state index in [9.17, 15) is 19.7 Å². The van der Waals surface area contributed by atoms with Crippen molar-refractivity contribution in [1.29, 1.82) is 0 Å². The molecule has 1 aromatic rings. The van der Waals surface area contributed by atoms with E-state index in [-0.39, 0.29) is 11.3 Å². The SMILES string of the molecule is CC(=O)O[C@@H](C(C)=O)c1ccccc1[N+](=O)[O-]. The smallest absolute Gasteiger partial charge is 0.303 e. The van der Waals surface area contributed by atoms with Gasteiger partial charge in [-0.2, -0.15) is 0 Å². The summed E-state index contributed by atoms with van der Waals surface area (Å²) in [6.45, 7) is 2.36. The van der Waals surface area contributed by atoms with Gasteiger partial charge in [0.1, 0.15) is 0 Å². The molecule has 0 saturated heterocycles. The number of esters is 1. The van der Waals surface area contributed by atoms with Gasteiger partial charge in [-0.1, -0.05) is 12.1 Å². The third-order valence-electron chi connectivity index (χ3n) is 2.07. The zero-order valence-electron chi connectivity index (χ0n) is 9.38. The first-order chi connectivity index (χ1) is 7.93. The van der Waals surface area contributed by atoms with Crippen molar-refractivity contribution in [2.24, 2.45) is 0 Å². The van der Waals surface area contributed by atoms with E-state index in [0.717, 1.165) is 6.92 Å². The number of rotatable bonds is 4. The Balaban J connectivity index is 3.22. The fourth-order valence-corrected chi connectivity index (χ4v) is 1.41. The van der Waals surface area contributed by atoms with Gasteiger partial charge in [-0.05, 0) is 13.0 Å². The zero-order chi connectivity index (χ0) is 13.0. The van der Waals surface area contributed by atoms with Crippen molar-refractivity contribution in [3.05, 3.63) is 39.9 Å². The lowest BCUT2D eigenvalue weighted by Crippen LogP contribution is -2.17. The van der Waals surface area contributed by atoms with Crippen LogP contribution >= 0.6 is 0 Å². The summed E-state index contributed by atoms with van der Waals surface area (Å²) in [7, 11) is 0. The van der Waals surface area contributed by atoms with E-state index in [1.807, 2.05) is 0 Å². The zero-order valence-corrected chi connectivity index (χ0v) is 9.38. The second-order valence-electron chi connectivity index (χ2n) is 3.42. The number of benzene rings is 1. The summed E-state index contributed by atoms with van der Waals surface area (Å²) in [4.78, 5) is 32.4. The lowest BCUT2D eigenvalue weighted by molar-refractivity contribution is -0.386.